The summed E-state index contributed by atoms with van der Waals surface area (Å²) in [6.45, 7) is 4.17. The fraction of sp³-hybridized carbons (Fsp3) is 0.294. The summed E-state index contributed by atoms with van der Waals surface area (Å²) in [5.74, 6) is -0.167. The SMILES string of the molecule is Cc1cc(/C=N\NC(=O)c2ccc(O)cc2)c(C)n1C1CC1. The number of aromatic hydroxyl groups is 1. The van der Waals surface area contributed by atoms with Gasteiger partial charge in [-0.1, -0.05) is 0 Å². The van der Waals surface area contributed by atoms with Crippen molar-refractivity contribution in [3.63, 3.8) is 0 Å². The smallest absolute Gasteiger partial charge is 0.271 e. The van der Waals surface area contributed by atoms with E-state index in [0.29, 0.717) is 11.6 Å². The number of carbonyl (C=O) groups is 1. The molecule has 5 nitrogen and oxygen atoms in total. The van der Waals surface area contributed by atoms with Crippen molar-refractivity contribution < 1.29 is 9.90 Å². The third kappa shape index (κ3) is 2.88. The van der Waals surface area contributed by atoms with Gasteiger partial charge in [-0.05, 0) is 57.0 Å². The Morgan fingerprint density at radius 3 is 2.64 bits per heavy atom. The minimum absolute atomic E-state index is 0.132. The molecule has 1 heterocycles. The van der Waals surface area contributed by atoms with E-state index in [-0.39, 0.29) is 11.7 Å². The number of hydrazone groups is 1. The van der Waals surface area contributed by atoms with Gasteiger partial charge in [-0.25, -0.2) is 5.43 Å². The van der Waals surface area contributed by atoms with Crippen molar-refractivity contribution in [2.75, 3.05) is 0 Å². The van der Waals surface area contributed by atoms with Crippen LogP contribution in [-0.4, -0.2) is 21.8 Å². The molecule has 0 radical (unpaired) electrons. The van der Waals surface area contributed by atoms with Gasteiger partial charge in [-0.2, -0.15) is 5.10 Å². The van der Waals surface area contributed by atoms with Gasteiger partial charge in [0.05, 0.1) is 6.21 Å². The maximum atomic E-state index is 11.9. The lowest BCUT2D eigenvalue weighted by molar-refractivity contribution is 0.0955. The lowest BCUT2D eigenvalue weighted by Gasteiger charge is -2.06. The van der Waals surface area contributed by atoms with Gasteiger partial charge >= 0.3 is 0 Å². The van der Waals surface area contributed by atoms with Crippen LogP contribution in [0.4, 0.5) is 0 Å². The van der Waals surface area contributed by atoms with Crippen LogP contribution in [0.5, 0.6) is 5.75 Å². The van der Waals surface area contributed by atoms with Gasteiger partial charge in [0, 0.05) is 28.6 Å². The summed E-state index contributed by atoms with van der Waals surface area (Å²) in [7, 11) is 0. The number of phenolic OH excluding ortho intramolecular Hbond substituents is 1. The molecule has 1 aliphatic rings. The molecule has 1 aliphatic carbocycles. The van der Waals surface area contributed by atoms with E-state index in [2.05, 4.69) is 35.0 Å². The monoisotopic (exact) mass is 297 g/mol. The number of nitrogens with zero attached hydrogens (tertiary/aromatic N) is 2. The predicted octanol–water partition coefficient (Wildman–Crippen LogP) is 2.91. The number of aromatic nitrogens is 1. The van der Waals surface area contributed by atoms with Crippen LogP contribution in [0.25, 0.3) is 0 Å². The molecule has 1 fully saturated rings. The van der Waals surface area contributed by atoms with Gasteiger partial charge in [0.1, 0.15) is 5.75 Å². The van der Waals surface area contributed by atoms with Crippen LogP contribution in [0.2, 0.25) is 0 Å². The number of aryl methyl sites for hydroxylation is 1. The third-order valence-electron chi connectivity index (χ3n) is 3.93. The molecule has 114 valence electrons. The first-order valence-electron chi connectivity index (χ1n) is 7.37. The molecule has 0 saturated heterocycles. The van der Waals surface area contributed by atoms with E-state index < -0.39 is 0 Å². The van der Waals surface area contributed by atoms with Crippen molar-refractivity contribution in [1.82, 2.24) is 9.99 Å². The Kier molecular flexibility index (Phi) is 3.71. The second-order valence-electron chi connectivity index (χ2n) is 5.67. The Labute approximate surface area is 129 Å². The zero-order chi connectivity index (χ0) is 15.7. The maximum Gasteiger partial charge on any atom is 0.271 e. The number of phenols is 1. The van der Waals surface area contributed by atoms with E-state index in [9.17, 15) is 9.90 Å². The maximum absolute atomic E-state index is 11.9. The molecule has 1 amide bonds. The van der Waals surface area contributed by atoms with Crippen molar-refractivity contribution in [3.05, 3.63) is 52.8 Å². The fourth-order valence-corrected chi connectivity index (χ4v) is 2.67. The normalized spacial score (nSPS) is 14.5. The lowest BCUT2D eigenvalue weighted by Crippen LogP contribution is -2.17. The van der Waals surface area contributed by atoms with Crippen LogP contribution >= 0.6 is 0 Å². The number of hydrogen-bond donors (Lipinski definition) is 2. The summed E-state index contributed by atoms with van der Waals surface area (Å²) in [6, 6.07) is 8.78. The first-order chi connectivity index (χ1) is 10.6. The largest absolute Gasteiger partial charge is 0.508 e. The van der Waals surface area contributed by atoms with Gasteiger partial charge in [0.15, 0.2) is 0 Å². The number of rotatable bonds is 4. The van der Waals surface area contributed by atoms with E-state index >= 15 is 0 Å². The van der Waals surface area contributed by atoms with Crippen LogP contribution in [0.15, 0.2) is 35.4 Å². The minimum atomic E-state index is -0.299. The molecule has 5 heteroatoms. The zero-order valence-corrected chi connectivity index (χ0v) is 12.7. The fourth-order valence-electron chi connectivity index (χ4n) is 2.67. The molecule has 0 aliphatic heterocycles. The summed E-state index contributed by atoms with van der Waals surface area (Å²) in [5, 5.41) is 13.2. The summed E-state index contributed by atoms with van der Waals surface area (Å²) in [6.07, 6.45) is 4.16. The summed E-state index contributed by atoms with van der Waals surface area (Å²) in [4.78, 5) is 11.9. The molecule has 1 saturated carbocycles. The molecule has 22 heavy (non-hydrogen) atoms. The molecule has 3 rings (SSSR count). The van der Waals surface area contributed by atoms with Crippen molar-refractivity contribution in [3.8, 4) is 5.75 Å². The molecule has 1 aromatic carbocycles. The molecule has 0 bridgehead atoms. The molecule has 0 spiro atoms. The van der Waals surface area contributed by atoms with Crippen LogP contribution in [-0.2, 0) is 0 Å². The number of benzene rings is 1. The van der Waals surface area contributed by atoms with Crippen LogP contribution in [0, 0.1) is 13.8 Å². The van der Waals surface area contributed by atoms with Crippen molar-refractivity contribution >= 4 is 12.1 Å². The first kappa shape index (κ1) is 14.4. The Hall–Kier alpha value is -2.56. The van der Waals surface area contributed by atoms with Gasteiger partial charge in [-0.3, -0.25) is 4.79 Å². The number of hydrogen-bond acceptors (Lipinski definition) is 3. The zero-order valence-electron chi connectivity index (χ0n) is 12.7. The highest BCUT2D eigenvalue weighted by Gasteiger charge is 2.26. The van der Waals surface area contributed by atoms with Crippen LogP contribution < -0.4 is 5.43 Å². The highest BCUT2D eigenvalue weighted by Crippen LogP contribution is 2.38. The quantitative estimate of drug-likeness (QED) is 0.673. The lowest BCUT2D eigenvalue weighted by atomic mass is 10.2. The van der Waals surface area contributed by atoms with Gasteiger partial charge in [-0.15, -0.1) is 0 Å². The standard InChI is InChI=1S/C17H19N3O2/c1-11-9-14(12(2)20(11)15-5-6-15)10-18-19-17(22)13-3-7-16(21)8-4-13/h3-4,7-10,15,21H,5-6H2,1-2H3,(H,19,22)/b18-10-. The van der Waals surface area contributed by atoms with Crippen molar-refractivity contribution in [1.29, 1.82) is 0 Å². The molecule has 0 atom stereocenters. The van der Waals surface area contributed by atoms with Crippen LogP contribution in [0.1, 0.15) is 46.2 Å². The highest BCUT2D eigenvalue weighted by atomic mass is 16.3. The summed E-state index contributed by atoms with van der Waals surface area (Å²) < 4.78 is 2.34. The molecule has 2 N–H and O–H groups in total. The van der Waals surface area contributed by atoms with Gasteiger partial charge < -0.3 is 9.67 Å². The molecular weight excluding hydrogens is 278 g/mol. The topological polar surface area (TPSA) is 66.6 Å². The molecule has 2 aromatic rings. The third-order valence-corrected chi connectivity index (χ3v) is 3.93. The number of nitrogens with one attached hydrogen (secondary N) is 1. The van der Waals surface area contributed by atoms with Gasteiger partial charge in [0.25, 0.3) is 5.91 Å². The summed E-state index contributed by atoms with van der Waals surface area (Å²) in [5.41, 5.74) is 6.40. The Morgan fingerprint density at radius 2 is 2.00 bits per heavy atom. The second-order valence-corrected chi connectivity index (χ2v) is 5.67. The van der Waals surface area contributed by atoms with E-state index in [1.165, 1.54) is 36.4 Å². The first-order valence-corrected chi connectivity index (χ1v) is 7.37. The number of amides is 1. The van der Waals surface area contributed by atoms with Crippen molar-refractivity contribution in [2.24, 2.45) is 5.10 Å². The van der Waals surface area contributed by atoms with E-state index in [0.717, 1.165) is 5.56 Å². The Morgan fingerprint density at radius 1 is 1.32 bits per heavy atom. The van der Waals surface area contributed by atoms with Crippen molar-refractivity contribution in [2.45, 2.75) is 32.7 Å². The predicted molar refractivity (Wildman–Crippen MR) is 85.3 cm³/mol. The van der Waals surface area contributed by atoms with E-state index in [1.807, 2.05) is 0 Å². The highest BCUT2D eigenvalue weighted by molar-refractivity contribution is 5.95. The molecule has 1 aromatic heterocycles. The average Bonchev–Trinajstić information content (AvgIpc) is 3.27. The minimum Gasteiger partial charge on any atom is -0.508 e. The average molecular weight is 297 g/mol. The van der Waals surface area contributed by atoms with E-state index in [4.69, 9.17) is 0 Å². The number of carbonyl (C=O) groups excluding carboxylic acids is 1. The second kappa shape index (κ2) is 5.67. The van der Waals surface area contributed by atoms with Gasteiger partial charge in [0.2, 0.25) is 0 Å². The summed E-state index contributed by atoms with van der Waals surface area (Å²) >= 11 is 0. The Bertz CT molecular complexity index is 725. The van der Waals surface area contributed by atoms with Crippen LogP contribution in [0.3, 0.4) is 0 Å². The Balaban J connectivity index is 1.68. The molecular formula is C17H19N3O2. The van der Waals surface area contributed by atoms with E-state index in [1.54, 1.807) is 18.3 Å². The molecule has 0 unspecified atom stereocenters.